The zero-order valence-corrected chi connectivity index (χ0v) is 30.5. The molecule has 0 spiro atoms. The van der Waals surface area contributed by atoms with E-state index in [4.69, 9.17) is 41.8 Å². The fraction of sp³-hybridized carbons (Fsp3) is 0.394. The third-order valence-electron chi connectivity index (χ3n) is 7.51. The minimum Gasteiger partial charge on any atom is -0.619 e. The number of halogens is 4. The van der Waals surface area contributed by atoms with Gasteiger partial charge in [0.05, 0.1) is 24.1 Å². The van der Waals surface area contributed by atoms with Crippen molar-refractivity contribution < 1.29 is 54.9 Å². The van der Waals surface area contributed by atoms with Gasteiger partial charge in [0.15, 0.2) is 29.5 Å². The largest absolute Gasteiger partial charge is 0.619 e. The second kappa shape index (κ2) is 15.2. The molecule has 52 heavy (non-hydrogen) atoms. The maximum Gasteiger partial charge on any atom is 0.428 e. The van der Waals surface area contributed by atoms with Gasteiger partial charge in [-0.05, 0) is 69.4 Å². The molecule has 0 N–H and O–H groups in total. The Morgan fingerprint density at radius 3 is 2.37 bits per heavy atom. The molecule has 1 saturated carbocycles. The summed E-state index contributed by atoms with van der Waals surface area (Å²) >= 11 is 12.6. The molecule has 1 aliphatic carbocycles. The van der Waals surface area contributed by atoms with Crippen molar-refractivity contribution in [3.63, 3.8) is 0 Å². The average molecular weight is 789 g/mol. The number of alkyl halides is 2. The van der Waals surface area contributed by atoms with E-state index in [9.17, 15) is 36.8 Å². The van der Waals surface area contributed by atoms with E-state index >= 15 is 0 Å². The number of pyridine rings is 1. The van der Waals surface area contributed by atoms with Gasteiger partial charge in [-0.1, -0.05) is 29.3 Å². The van der Waals surface area contributed by atoms with Crippen LogP contribution in [-0.4, -0.2) is 50.1 Å². The minimum atomic E-state index is -4.21. The average Bonchev–Trinajstić information content (AvgIpc) is 3.78. The number of carbonyl (C=O) groups excluding carboxylic acids is 2. The zero-order chi connectivity index (χ0) is 38.1. The second-order valence-electron chi connectivity index (χ2n) is 12.9. The van der Waals surface area contributed by atoms with Crippen LogP contribution in [0.4, 0.5) is 19.3 Å². The molecular formula is C33H33Cl2F2N3O11S. The Balaban J connectivity index is 1.46. The van der Waals surface area contributed by atoms with Crippen molar-refractivity contribution in [2.75, 3.05) is 17.2 Å². The van der Waals surface area contributed by atoms with Gasteiger partial charge in [0.1, 0.15) is 28.3 Å². The van der Waals surface area contributed by atoms with Crippen molar-refractivity contribution >= 4 is 62.1 Å². The lowest BCUT2D eigenvalue weighted by Crippen LogP contribution is -2.40. The molecule has 2 aromatic carbocycles. The first-order chi connectivity index (χ1) is 24.3. The van der Waals surface area contributed by atoms with Gasteiger partial charge in [-0.25, -0.2) is 18.0 Å². The lowest BCUT2D eigenvalue weighted by Gasteiger charge is -2.25. The van der Waals surface area contributed by atoms with Crippen molar-refractivity contribution in [2.45, 2.75) is 64.9 Å². The number of carbonyl (C=O) groups is 2. The number of sulfonamides is 1. The topological polar surface area (TPSA) is 171 Å². The summed E-state index contributed by atoms with van der Waals surface area (Å²) in [7, 11) is -4.21. The predicted octanol–water partition coefficient (Wildman–Crippen LogP) is 6.15. The summed E-state index contributed by atoms with van der Waals surface area (Å²) in [5.74, 6) is -2.01. The maximum absolute atomic E-state index is 13.5. The molecule has 1 amide bonds. The predicted molar refractivity (Wildman–Crippen MR) is 183 cm³/mol. The van der Waals surface area contributed by atoms with Crippen LogP contribution in [0.25, 0.3) is 11.1 Å². The van der Waals surface area contributed by atoms with Gasteiger partial charge in [0.25, 0.3) is 0 Å². The molecule has 2 heterocycles. The molecule has 5 rings (SSSR count). The number of oxazole rings is 1. The van der Waals surface area contributed by atoms with E-state index in [0.717, 1.165) is 42.1 Å². The van der Waals surface area contributed by atoms with Gasteiger partial charge >= 0.3 is 24.4 Å². The zero-order valence-electron chi connectivity index (χ0n) is 28.1. The summed E-state index contributed by atoms with van der Waals surface area (Å²) in [5, 5.41) is 11.8. The van der Waals surface area contributed by atoms with Gasteiger partial charge in [-0.3, -0.25) is 9.36 Å². The molecule has 1 fully saturated rings. The number of aromatic nitrogens is 2. The number of hydrogen-bond acceptors (Lipinski definition) is 11. The van der Waals surface area contributed by atoms with E-state index in [1.54, 1.807) is 20.8 Å². The fourth-order valence-corrected chi connectivity index (χ4v) is 6.46. The van der Waals surface area contributed by atoms with E-state index in [-0.39, 0.29) is 68.4 Å². The van der Waals surface area contributed by atoms with E-state index in [1.807, 2.05) is 0 Å². The minimum absolute atomic E-state index is 0.0317. The Labute approximate surface area is 305 Å². The highest BCUT2D eigenvalue weighted by Crippen LogP contribution is 2.38. The van der Waals surface area contributed by atoms with Crippen LogP contribution in [0.15, 0.2) is 58.0 Å². The molecule has 1 atom stereocenters. The van der Waals surface area contributed by atoms with E-state index in [2.05, 4.69) is 4.74 Å². The number of benzene rings is 2. The third kappa shape index (κ3) is 9.63. The molecule has 2 aromatic heterocycles. The Kier molecular flexibility index (Phi) is 11.3. The number of ether oxygens (including phenoxy) is 4. The van der Waals surface area contributed by atoms with Crippen LogP contribution in [-0.2, 0) is 37.3 Å². The number of nitrogens with zero attached hydrogens (tertiary/aromatic N) is 3. The number of fused-ring (bicyclic) bond motifs is 1. The Morgan fingerprint density at radius 1 is 1.10 bits per heavy atom. The summed E-state index contributed by atoms with van der Waals surface area (Å²) in [4.78, 5) is 39.3. The smallest absolute Gasteiger partial charge is 0.428 e. The van der Waals surface area contributed by atoms with Crippen LogP contribution < -0.4 is 24.3 Å². The highest BCUT2D eigenvalue weighted by Gasteiger charge is 2.32. The number of amides is 1. The van der Waals surface area contributed by atoms with Crippen LogP contribution in [0.3, 0.4) is 0 Å². The molecule has 19 heteroatoms. The third-order valence-corrected chi connectivity index (χ3v) is 9.19. The Morgan fingerprint density at radius 2 is 1.77 bits per heavy atom. The molecular weight excluding hydrogens is 755 g/mol. The molecule has 280 valence electrons. The van der Waals surface area contributed by atoms with E-state index < -0.39 is 52.7 Å². The molecule has 1 aliphatic rings. The van der Waals surface area contributed by atoms with E-state index in [0.29, 0.717) is 9.04 Å². The summed E-state index contributed by atoms with van der Waals surface area (Å²) in [6.45, 7) is 1.06. The van der Waals surface area contributed by atoms with Crippen LogP contribution in [0, 0.1) is 11.1 Å². The SMILES string of the molecule is CC(C)(C)OC(=O)N(c1ccc2c(c1)oc(=O)n2CC(=O)O[C@@H](Cc1c(Cl)c[n+]([O-])cc1Cl)c1ccc(OC(F)F)c(OCC2CC2)c1)S(C)(=O)=O. The number of esters is 1. The molecule has 0 radical (unpaired) electrons. The normalized spacial score (nSPS) is 13.9. The van der Waals surface area contributed by atoms with Crippen molar-refractivity contribution in [1.82, 2.24) is 4.57 Å². The standard InChI is InChI=1S/C33H33Cl2F2N3O11S/c1-33(2,3)51-32(43)40(52(4,45)46)20-8-9-24-27(12-20)50-31(42)39(24)16-29(41)48-26(13-21-22(34)14-38(44)15-23(21)35)19-7-10-25(49-30(36)37)28(11-19)47-17-18-5-6-18/h7-12,14-15,18,26,30H,5-6,13,16-17H2,1-4H3/t26-/m0/s1. The number of anilines is 1. The van der Waals surface area contributed by atoms with Gasteiger partial charge in [0.2, 0.25) is 10.0 Å². The number of rotatable bonds is 13. The fourth-order valence-electron chi connectivity index (χ4n) is 5.05. The second-order valence-corrected chi connectivity index (χ2v) is 15.6. The van der Waals surface area contributed by atoms with Gasteiger partial charge in [-0.15, -0.1) is 0 Å². The molecule has 0 saturated heterocycles. The Bertz CT molecular complexity index is 2140. The van der Waals surface area contributed by atoms with Crippen LogP contribution in [0.5, 0.6) is 11.5 Å². The molecule has 14 nitrogen and oxygen atoms in total. The van der Waals surface area contributed by atoms with Gasteiger partial charge in [0, 0.05) is 18.1 Å². The van der Waals surface area contributed by atoms with Crippen molar-refractivity contribution in [2.24, 2.45) is 5.92 Å². The summed E-state index contributed by atoms with van der Waals surface area (Å²) in [6.07, 6.45) is 2.12. The van der Waals surface area contributed by atoms with Crippen molar-refractivity contribution in [3.8, 4) is 11.5 Å². The highest BCUT2D eigenvalue weighted by atomic mass is 35.5. The van der Waals surface area contributed by atoms with Crippen LogP contribution >= 0.6 is 23.2 Å². The number of hydrogen-bond donors (Lipinski definition) is 0. The van der Waals surface area contributed by atoms with Gasteiger partial charge < -0.3 is 28.6 Å². The lowest BCUT2D eigenvalue weighted by atomic mass is 10.0. The summed E-state index contributed by atoms with van der Waals surface area (Å²) in [5.41, 5.74) is -0.851. The summed E-state index contributed by atoms with van der Waals surface area (Å²) < 4.78 is 80.0. The first-order valence-corrected chi connectivity index (χ1v) is 18.2. The maximum atomic E-state index is 13.5. The Hall–Kier alpha value is -4.61. The molecule has 4 aromatic rings. The van der Waals surface area contributed by atoms with E-state index in [1.165, 1.54) is 30.3 Å². The van der Waals surface area contributed by atoms with Crippen molar-refractivity contribution in [3.05, 3.63) is 85.7 Å². The van der Waals surface area contributed by atoms with Crippen molar-refractivity contribution in [1.29, 1.82) is 0 Å². The highest BCUT2D eigenvalue weighted by molar-refractivity contribution is 7.92. The first kappa shape index (κ1) is 38.6. The first-order valence-electron chi connectivity index (χ1n) is 15.6. The van der Waals surface area contributed by atoms with Gasteiger partial charge in [-0.2, -0.15) is 17.8 Å². The quantitative estimate of drug-likeness (QED) is 0.0865. The molecule has 0 bridgehead atoms. The van der Waals surface area contributed by atoms with Crippen LogP contribution in [0.2, 0.25) is 10.0 Å². The molecule has 0 unspecified atom stereocenters. The molecule has 0 aliphatic heterocycles. The monoisotopic (exact) mass is 787 g/mol. The van der Waals surface area contributed by atoms with Crippen LogP contribution in [0.1, 0.15) is 50.8 Å². The lowest BCUT2D eigenvalue weighted by molar-refractivity contribution is -0.605. The summed E-state index contributed by atoms with van der Waals surface area (Å²) in [6, 6.07) is 7.59.